The van der Waals surface area contributed by atoms with Crippen LogP contribution in [0.2, 0.25) is 0 Å². The number of carbonyl (C=O) groups is 1. The number of nitrogens with one attached hydrogen (secondary N) is 1. The first kappa shape index (κ1) is 14.2. The molecule has 4 N–H and O–H groups in total. The van der Waals surface area contributed by atoms with Gasteiger partial charge in [-0.15, -0.1) is 0 Å². The maximum Gasteiger partial charge on any atom is 0.328 e. The number of nitrogens with two attached hydrogens (primary N) is 1. The number of hydrogen-bond acceptors (Lipinski definition) is 4. The molecule has 0 bridgehead atoms. The number of aromatic amines is 1. The van der Waals surface area contributed by atoms with Crippen molar-refractivity contribution in [3.63, 3.8) is 0 Å². The summed E-state index contributed by atoms with van der Waals surface area (Å²) < 4.78 is 1.41. The molecule has 0 amide bonds. The molecule has 100 valence electrons. The molecule has 0 spiro atoms. The van der Waals surface area contributed by atoms with Gasteiger partial charge in [-0.25, -0.2) is 4.79 Å². The monoisotopic (exact) mass is 255 g/mol. The number of hydrogen-bond donors (Lipinski definition) is 3. The summed E-state index contributed by atoms with van der Waals surface area (Å²) in [5.74, 6) is -1.02. The Morgan fingerprint density at radius 2 is 2.17 bits per heavy atom. The topological polar surface area (TPSA) is 118 Å². The van der Waals surface area contributed by atoms with E-state index in [-0.39, 0.29) is 5.56 Å². The van der Waals surface area contributed by atoms with Gasteiger partial charge in [-0.05, 0) is 26.2 Å². The molecule has 18 heavy (non-hydrogen) atoms. The van der Waals surface area contributed by atoms with E-state index in [1.807, 2.05) is 0 Å². The molecule has 0 aliphatic carbocycles. The van der Waals surface area contributed by atoms with Crippen LogP contribution in [0.25, 0.3) is 0 Å². The number of carboxylic acids is 1. The van der Waals surface area contributed by atoms with Crippen molar-refractivity contribution in [2.75, 3.05) is 0 Å². The smallest absolute Gasteiger partial charge is 0.328 e. The molecule has 1 rings (SSSR count). The first-order valence-corrected chi connectivity index (χ1v) is 5.70. The second-order valence-corrected chi connectivity index (χ2v) is 4.21. The van der Waals surface area contributed by atoms with E-state index < -0.39 is 17.7 Å². The maximum atomic E-state index is 11.4. The third kappa shape index (κ3) is 3.85. The lowest BCUT2D eigenvalue weighted by molar-refractivity contribution is -0.138. The van der Waals surface area contributed by atoms with Gasteiger partial charge in [0.2, 0.25) is 0 Å². The molecule has 0 aliphatic heterocycles. The predicted molar refractivity (Wildman–Crippen MR) is 65.5 cm³/mol. The van der Waals surface area contributed by atoms with Crippen LogP contribution in [0.4, 0.5) is 0 Å². The molecular weight excluding hydrogens is 238 g/mol. The van der Waals surface area contributed by atoms with Crippen molar-refractivity contribution in [3.8, 4) is 0 Å². The largest absolute Gasteiger partial charge is 0.480 e. The van der Waals surface area contributed by atoms with E-state index in [0.717, 1.165) is 0 Å². The third-order valence-electron chi connectivity index (χ3n) is 2.67. The van der Waals surface area contributed by atoms with Gasteiger partial charge < -0.3 is 15.4 Å². The van der Waals surface area contributed by atoms with Crippen molar-refractivity contribution in [1.82, 2.24) is 9.55 Å². The lowest BCUT2D eigenvalue weighted by atomic mass is 10.1. The molecule has 1 heterocycles. The van der Waals surface area contributed by atoms with Crippen molar-refractivity contribution in [3.05, 3.63) is 32.6 Å². The van der Waals surface area contributed by atoms with Crippen molar-refractivity contribution in [2.24, 2.45) is 5.73 Å². The molecule has 1 aromatic heterocycles. The summed E-state index contributed by atoms with van der Waals surface area (Å²) in [7, 11) is 0. The average molecular weight is 255 g/mol. The van der Waals surface area contributed by atoms with Gasteiger partial charge in [-0.1, -0.05) is 0 Å². The van der Waals surface area contributed by atoms with Crippen LogP contribution in [0, 0.1) is 6.92 Å². The molecule has 1 aromatic rings. The van der Waals surface area contributed by atoms with Crippen molar-refractivity contribution >= 4 is 5.97 Å². The highest BCUT2D eigenvalue weighted by Crippen LogP contribution is 2.01. The zero-order valence-corrected chi connectivity index (χ0v) is 10.2. The number of aliphatic carboxylic acids is 1. The molecular formula is C11H17N3O4. The summed E-state index contributed by atoms with van der Waals surface area (Å²) in [6.07, 6.45) is 3.11. The molecule has 0 saturated heterocycles. The quantitative estimate of drug-likeness (QED) is 0.588. The van der Waals surface area contributed by atoms with Crippen LogP contribution in [0.5, 0.6) is 0 Å². The number of unbranched alkanes of at least 4 members (excludes halogenated alkanes) is 1. The van der Waals surface area contributed by atoms with Gasteiger partial charge in [-0.3, -0.25) is 14.6 Å². The Bertz CT molecular complexity index is 532. The summed E-state index contributed by atoms with van der Waals surface area (Å²) in [6.45, 7) is 2.05. The molecule has 0 aliphatic rings. The number of H-pyrrole nitrogens is 1. The molecule has 1 atom stereocenters. The van der Waals surface area contributed by atoms with E-state index in [1.165, 1.54) is 10.8 Å². The minimum Gasteiger partial charge on any atom is -0.480 e. The molecule has 0 fully saturated rings. The minimum absolute atomic E-state index is 0.367. The second kappa shape index (κ2) is 6.15. The van der Waals surface area contributed by atoms with Crippen molar-refractivity contribution in [1.29, 1.82) is 0 Å². The van der Waals surface area contributed by atoms with Crippen LogP contribution < -0.4 is 17.0 Å². The fraction of sp³-hybridized carbons (Fsp3) is 0.545. The lowest BCUT2D eigenvalue weighted by Gasteiger charge is -2.07. The summed E-state index contributed by atoms with van der Waals surface area (Å²) >= 11 is 0. The fourth-order valence-electron chi connectivity index (χ4n) is 1.55. The highest BCUT2D eigenvalue weighted by Gasteiger charge is 2.10. The molecule has 7 nitrogen and oxygen atoms in total. The van der Waals surface area contributed by atoms with Crippen LogP contribution in [0.3, 0.4) is 0 Å². The first-order valence-electron chi connectivity index (χ1n) is 5.70. The van der Waals surface area contributed by atoms with E-state index >= 15 is 0 Å². The van der Waals surface area contributed by atoms with Gasteiger partial charge in [0, 0.05) is 18.3 Å². The molecule has 0 aromatic carbocycles. The standard InChI is InChI=1S/C11H17N3O4/c1-7-6-14(11(18)13-9(7)15)5-3-2-4-8(12)10(16)17/h6,8H,2-5,12H2,1H3,(H,16,17)(H,13,15,18). The SMILES string of the molecule is Cc1cn(CCCCC(N)C(=O)O)c(=O)[nH]c1=O. The number of rotatable bonds is 6. The Balaban J connectivity index is 2.50. The van der Waals surface area contributed by atoms with Crippen molar-refractivity contribution in [2.45, 2.75) is 38.8 Å². The number of aromatic nitrogens is 2. The zero-order valence-electron chi connectivity index (χ0n) is 10.2. The summed E-state index contributed by atoms with van der Waals surface area (Å²) in [4.78, 5) is 35.2. The second-order valence-electron chi connectivity index (χ2n) is 4.21. The van der Waals surface area contributed by atoms with Gasteiger partial charge in [0.15, 0.2) is 0 Å². The Labute approximate surface area is 103 Å². The van der Waals surface area contributed by atoms with Gasteiger partial charge in [0.1, 0.15) is 6.04 Å². The highest BCUT2D eigenvalue weighted by atomic mass is 16.4. The zero-order chi connectivity index (χ0) is 13.7. The molecule has 1 unspecified atom stereocenters. The molecule has 0 saturated carbocycles. The number of aryl methyl sites for hydroxylation is 2. The normalized spacial score (nSPS) is 12.3. The van der Waals surface area contributed by atoms with E-state index in [0.29, 0.717) is 31.4 Å². The predicted octanol–water partition coefficient (Wildman–Crippen LogP) is -0.573. The van der Waals surface area contributed by atoms with Crippen LogP contribution in [0.1, 0.15) is 24.8 Å². The van der Waals surface area contributed by atoms with E-state index in [1.54, 1.807) is 6.92 Å². The van der Waals surface area contributed by atoms with Gasteiger partial charge >= 0.3 is 11.7 Å². The fourth-order valence-corrected chi connectivity index (χ4v) is 1.55. The van der Waals surface area contributed by atoms with Crippen LogP contribution >= 0.6 is 0 Å². The third-order valence-corrected chi connectivity index (χ3v) is 2.67. The molecule has 0 radical (unpaired) electrons. The lowest BCUT2D eigenvalue weighted by Crippen LogP contribution is -2.31. The Morgan fingerprint density at radius 1 is 1.50 bits per heavy atom. The van der Waals surface area contributed by atoms with E-state index in [4.69, 9.17) is 10.8 Å². The summed E-state index contributed by atoms with van der Waals surface area (Å²) in [5.41, 5.74) is 4.99. The Hall–Kier alpha value is -1.89. The van der Waals surface area contributed by atoms with Crippen LogP contribution in [-0.2, 0) is 11.3 Å². The first-order chi connectivity index (χ1) is 8.41. The Morgan fingerprint density at radius 3 is 2.78 bits per heavy atom. The summed E-state index contributed by atoms with van der Waals surface area (Å²) in [6, 6.07) is -0.862. The van der Waals surface area contributed by atoms with Gasteiger partial charge in [0.25, 0.3) is 5.56 Å². The van der Waals surface area contributed by atoms with Gasteiger partial charge in [-0.2, -0.15) is 0 Å². The summed E-state index contributed by atoms with van der Waals surface area (Å²) in [5, 5.41) is 8.59. The number of nitrogens with zero attached hydrogens (tertiary/aromatic N) is 1. The van der Waals surface area contributed by atoms with Crippen LogP contribution in [-0.4, -0.2) is 26.7 Å². The van der Waals surface area contributed by atoms with E-state index in [2.05, 4.69) is 4.98 Å². The van der Waals surface area contributed by atoms with E-state index in [9.17, 15) is 14.4 Å². The maximum absolute atomic E-state index is 11.4. The van der Waals surface area contributed by atoms with Gasteiger partial charge in [0.05, 0.1) is 0 Å². The Kier molecular flexibility index (Phi) is 4.85. The molecule has 7 heteroatoms. The van der Waals surface area contributed by atoms with Crippen LogP contribution in [0.15, 0.2) is 15.8 Å². The van der Waals surface area contributed by atoms with Crippen molar-refractivity contribution < 1.29 is 9.90 Å². The number of carboxylic acid groups (broad SMARTS) is 1. The minimum atomic E-state index is -1.02. The highest BCUT2D eigenvalue weighted by molar-refractivity contribution is 5.72. The average Bonchev–Trinajstić information content (AvgIpc) is 2.30.